The fraction of sp³-hybridized carbons (Fsp3) is 0.281. The Morgan fingerprint density at radius 2 is 1.47 bits per heavy atom. The zero-order valence-electron chi connectivity index (χ0n) is 21.2. The van der Waals surface area contributed by atoms with Crippen LogP contribution in [-0.4, -0.2) is 28.5 Å². The Labute approximate surface area is 222 Å². The summed E-state index contributed by atoms with van der Waals surface area (Å²) in [5.74, 6) is 0.508. The number of para-hydroxylation sites is 1. The largest absolute Gasteiger partial charge is 0.487 e. The molecular weight excluding hydrogens is 476 g/mol. The molecule has 1 atom stereocenters. The number of ether oxygens (including phenoxy) is 1. The normalized spacial score (nSPS) is 16.6. The van der Waals surface area contributed by atoms with E-state index < -0.39 is 0 Å². The van der Waals surface area contributed by atoms with Crippen LogP contribution in [0, 0.1) is 5.92 Å². The van der Waals surface area contributed by atoms with E-state index in [1.807, 2.05) is 42.5 Å². The Bertz CT molecular complexity index is 1430. The van der Waals surface area contributed by atoms with Crippen LogP contribution in [0.3, 0.4) is 0 Å². The Morgan fingerprint density at radius 3 is 2.21 bits per heavy atom. The maximum absolute atomic E-state index is 12.8. The summed E-state index contributed by atoms with van der Waals surface area (Å²) in [6, 6.07) is 27.1. The van der Waals surface area contributed by atoms with Crippen LogP contribution < -0.4 is 4.74 Å². The minimum Gasteiger partial charge on any atom is -0.487 e. The molecule has 1 saturated carbocycles. The number of nitrogens with zero attached hydrogens (tertiary/aromatic N) is 2. The van der Waals surface area contributed by atoms with Crippen molar-refractivity contribution in [3.05, 3.63) is 107 Å². The number of pyridine rings is 1. The summed E-state index contributed by atoms with van der Waals surface area (Å²) in [5, 5.41) is 2.05. The van der Waals surface area contributed by atoms with Crippen LogP contribution >= 0.6 is 0 Å². The van der Waals surface area contributed by atoms with Gasteiger partial charge in [-0.2, -0.15) is 0 Å². The molecule has 2 amide bonds. The first-order valence-electron chi connectivity index (χ1n) is 13.4. The fourth-order valence-corrected chi connectivity index (χ4v) is 5.64. The van der Waals surface area contributed by atoms with Crippen molar-refractivity contribution in [2.75, 3.05) is 6.61 Å². The highest BCUT2D eigenvalue weighted by molar-refractivity contribution is 6.20. The zero-order chi connectivity index (χ0) is 25.9. The summed E-state index contributed by atoms with van der Waals surface area (Å²) in [6.45, 7) is 0.663. The van der Waals surface area contributed by atoms with Crippen LogP contribution in [0.25, 0.3) is 10.9 Å². The number of carbonyl (C=O) groups excluding carboxylic acids is 2. The SMILES string of the molecule is O=C1c2ccccc2C(=O)N1OCC(c1ccc(OCc2ccc3ccccc3n2)cc1)C1CCCCC1. The number of rotatable bonds is 8. The van der Waals surface area contributed by atoms with Gasteiger partial charge in [-0.15, -0.1) is 5.06 Å². The van der Waals surface area contributed by atoms with Crippen molar-refractivity contribution in [3.63, 3.8) is 0 Å². The third-order valence-electron chi connectivity index (χ3n) is 7.71. The van der Waals surface area contributed by atoms with E-state index >= 15 is 0 Å². The number of fused-ring (bicyclic) bond motifs is 2. The number of imide groups is 1. The lowest BCUT2D eigenvalue weighted by atomic mass is 9.77. The van der Waals surface area contributed by atoms with Gasteiger partial charge in [-0.3, -0.25) is 14.4 Å². The van der Waals surface area contributed by atoms with Crippen LogP contribution in [0.2, 0.25) is 0 Å². The van der Waals surface area contributed by atoms with Crippen molar-refractivity contribution in [1.29, 1.82) is 0 Å². The van der Waals surface area contributed by atoms with Gasteiger partial charge >= 0.3 is 0 Å². The van der Waals surface area contributed by atoms with Gasteiger partial charge in [0.05, 0.1) is 28.9 Å². The monoisotopic (exact) mass is 506 g/mol. The van der Waals surface area contributed by atoms with Crippen LogP contribution in [0.4, 0.5) is 0 Å². The molecule has 2 aliphatic rings. The Hall–Kier alpha value is -4.03. The third kappa shape index (κ3) is 4.92. The standard InChI is InChI=1S/C32H30N2O4/c35-31-27-11-5-6-12-28(27)32(36)34(31)38-21-29(22-8-2-1-3-9-22)23-15-18-26(19-16-23)37-20-25-17-14-24-10-4-7-13-30(24)33-25/h4-7,10-19,22,29H,1-3,8-9,20-21H2. The molecule has 1 fully saturated rings. The van der Waals surface area contributed by atoms with Crippen LogP contribution in [-0.2, 0) is 11.4 Å². The van der Waals surface area contributed by atoms with E-state index in [9.17, 15) is 9.59 Å². The summed E-state index contributed by atoms with van der Waals surface area (Å²) in [4.78, 5) is 36.2. The molecule has 4 aromatic rings. The van der Waals surface area contributed by atoms with Gasteiger partial charge in [-0.05, 0) is 60.7 Å². The number of benzene rings is 3. The summed E-state index contributed by atoms with van der Waals surface area (Å²) in [7, 11) is 0. The first-order valence-corrected chi connectivity index (χ1v) is 13.4. The number of hydrogen-bond acceptors (Lipinski definition) is 5. The molecule has 0 saturated heterocycles. The molecule has 192 valence electrons. The van der Waals surface area contributed by atoms with E-state index in [-0.39, 0.29) is 24.3 Å². The highest BCUT2D eigenvalue weighted by Crippen LogP contribution is 2.37. The molecular formula is C32H30N2O4. The van der Waals surface area contributed by atoms with Gasteiger partial charge < -0.3 is 4.74 Å². The maximum atomic E-state index is 12.8. The van der Waals surface area contributed by atoms with E-state index in [2.05, 4.69) is 23.2 Å². The molecule has 6 nitrogen and oxygen atoms in total. The van der Waals surface area contributed by atoms with Gasteiger partial charge in [0.15, 0.2) is 0 Å². The van der Waals surface area contributed by atoms with Crippen LogP contribution in [0.15, 0.2) is 84.9 Å². The number of carbonyl (C=O) groups is 2. The molecule has 1 aromatic heterocycles. The van der Waals surface area contributed by atoms with Crippen LogP contribution in [0.1, 0.15) is 70.0 Å². The predicted octanol–water partition coefficient (Wildman–Crippen LogP) is 6.71. The van der Waals surface area contributed by atoms with Crippen molar-refractivity contribution in [2.24, 2.45) is 5.92 Å². The first kappa shape index (κ1) is 24.3. The molecule has 0 bridgehead atoms. The Kier molecular flexibility index (Phi) is 6.88. The van der Waals surface area contributed by atoms with Gasteiger partial charge in [0.25, 0.3) is 11.8 Å². The molecule has 0 N–H and O–H groups in total. The van der Waals surface area contributed by atoms with Crippen LogP contribution in [0.5, 0.6) is 5.75 Å². The fourth-order valence-electron chi connectivity index (χ4n) is 5.64. The molecule has 1 unspecified atom stereocenters. The molecule has 3 aromatic carbocycles. The first-order chi connectivity index (χ1) is 18.7. The highest BCUT2D eigenvalue weighted by Gasteiger charge is 2.37. The van der Waals surface area contributed by atoms with Crippen molar-refractivity contribution in [2.45, 2.75) is 44.6 Å². The van der Waals surface area contributed by atoms with Gasteiger partial charge in [0.2, 0.25) is 0 Å². The second-order valence-electron chi connectivity index (χ2n) is 10.1. The van der Waals surface area contributed by atoms with Gasteiger partial charge in [-0.1, -0.05) is 67.8 Å². The predicted molar refractivity (Wildman–Crippen MR) is 145 cm³/mol. The lowest BCUT2D eigenvalue weighted by molar-refractivity contribution is -0.101. The summed E-state index contributed by atoms with van der Waals surface area (Å²) >= 11 is 0. The molecule has 1 aliphatic heterocycles. The van der Waals surface area contributed by atoms with Crippen molar-refractivity contribution >= 4 is 22.7 Å². The van der Waals surface area contributed by atoms with Gasteiger partial charge in [0, 0.05) is 11.3 Å². The zero-order valence-corrected chi connectivity index (χ0v) is 21.2. The number of aromatic nitrogens is 1. The van der Waals surface area contributed by atoms with Crippen molar-refractivity contribution < 1.29 is 19.2 Å². The molecule has 0 radical (unpaired) electrons. The third-order valence-corrected chi connectivity index (χ3v) is 7.71. The Balaban J connectivity index is 1.14. The molecule has 2 heterocycles. The van der Waals surface area contributed by atoms with Crippen molar-refractivity contribution in [3.8, 4) is 5.75 Å². The minimum absolute atomic E-state index is 0.0795. The lowest BCUT2D eigenvalue weighted by Gasteiger charge is -2.31. The van der Waals surface area contributed by atoms with E-state index in [1.165, 1.54) is 19.3 Å². The summed E-state index contributed by atoms with van der Waals surface area (Å²) in [6.07, 6.45) is 5.85. The maximum Gasteiger partial charge on any atom is 0.285 e. The Morgan fingerprint density at radius 1 is 0.789 bits per heavy atom. The lowest BCUT2D eigenvalue weighted by Crippen LogP contribution is -2.33. The molecule has 0 spiro atoms. The molecule has 38 heavy (non-hydrogen) atoms. The highest BCUT2D eigenvalue weighted by atomic mass is 16.7. The van der Waals surface area contributed by atoms with E-state index in [0.29, 0.717) is 23.7 Å². The number of hydroxylamine groups is 2. The molecule has 1 aliphatic carbocycles. The number of amides is 2. The quantitative estimate of drug-likeness (QED) is 0.249. The minimum atomic E-state index is -0.390. The topological polar surface area (TPSA) is 68.7 Å². The second-order valence-corrected chi connectivity index (χ2v) is 10.1. The van der Waals surface area contributed by atoms with Gasteiger partial charge in [-0.25, -0.2) is 4.98 Å². The second kappa shape index (κ2) is 10.8. The average Bonchev–Trinajstić information content (AvgIpc) is 3.22. The summed E-state index contributed by atoms with van der Waals surface area (Å²) < 4.78 is 6.04. The summed E-state index contributed by atoms with van der Waals surface area (Å²) in [5.41, 5.74) is 3.76. The van der Waals surface area contributed by atoms with E-state index in [0.717, 1.165) is 45.8 Å². The van der Waals surface area contributed by atoms with Crippen molar-refractivity contribution in [1.82, 2.24) is 10.0 Å². The number of hydrogen-bond donors (Lipinski definition) is 0. The molecule has 6 heteroatoms. The van der Waals surface area contributed by atoms with E-state index in [4.69, 9.17) is 9.57 Å². The van der Waals surface area contributed by atoms with Gasteiger partial charge in [0.1, 0.15) is 12.4 Å². The van der Waals surface area contributed by atoms with E-state index in [1.54, 1.807) is 24.3 Å². The molecule has 6 rings (SSSR count). The smallest absolute Gasteiger partial charge is 0.285 e. The average molecular weight is 507 g/mol.